The van der Waals surface area contributed by atoms with E-state index in [1.807, 2.05) is 118 Å². The van der Waals surface area contributed by atoms with Crippen LogP contribution in [0.15, 0.2) is 84.9 Å². The molecule has 2 amide bonds. The fraction of sp³-hybridized carbons (Fsp3) is 0.470. The van der Waals surface area contributed by atoms with E-state index in [4.69, 9.17) is 76.3 Å². The number of hydrogen-bond acceptors (Lipinski definition) is 15. The number of halogens is 4. The zero-order valence-electron chi connectivity index (χ0n) is 53.0. The predicted molar refractivity (Wildman–Crippen MR) is 361 cm³/mol. The number of nitrogens with one attached hydrogen (secondary N) is 4. The van der Waals surface area contributed by atoms with Crippen LogP contribution in [-0.2, 0) is 49.5 Å². The van der Waals surface area contributed by atoms with Gasteiger partial charge >= 0.3 is 24.0 Å². The summed E-state index contributed by atoms with van der Waals surface area (Å²) in [6, 6.07) is 25.0. The molecule has 22 heteroatoms. The molecule has 2 unspecified atom stereocenters. The number of thiazole rings is 2. The number of carboxylic acid groups (broad SMARTS) is 1. The first-order valence-corrected chi connectivity index (χ1v) is 32.5. The molecule has 0 aliphatic rings. The standard InChI is InChI=1S/C31H39Cl2N3O3S.C28H32Cl2N2O4S.C7H16N2O2/c1-7-13-34-28(37)22-10-8-9-20(15-22)16-23(29(38)39-31(4,5)6)18-35-30-36-27(26(40-30)14-19(2)3)21-11-12-24(32)25(33)17-21;1-16(2)11-23-24(18-9-10-21(29)22(30)14-18)32-27(37-23)31-15-20(26(35)36-28(3,4)5)13-17-7-6-8-19(12-17)25(33)34;1-7(2,3)11-6(10)9-5-4-8/h8-12,15,17,19,23H,7,13-14,16,18H2,1-6H3,(H,34,37)(H,35,36);6-10,12,14,16,20H,11,13,15H2,1-5H3,(H,31,32)(H,33,34);4-5,8H2,1-3H3,(H,9,10). The van der Waals surface area contributed by atoms with Crippen molar-refractivity contribution in [3.05, 3.63) is 137 Å². The lowest BCUT2D eigenvalue weighted by Gasteiger charge is -2.24. The van der Waals surface area contributed by atoms with Crippen LogP contribution in [-0.4, -0.2) is 94.5 Å². The Morgan fingerprint density at radius 1 is 0.557 bits per heavy atom. The summed E-state index contributed by atoms with van der Waals surface area (Å²) in [5.74, 6) is -1.96. The van der Waals surface area contributed by atoms with Crippen molar-refractivity contribution in [1.82, 2.24) is 20.6 Å². The van der Waals surface area contributed by atoms with E-state index in [0.717, 1.165) is 67.8 Å². The summed E-state index contributed by atoms with van der Waals surface area (Å²) in [5.41, 5.74) is 9.33. The number of rotatable bonds is 24. The zero-order chi connectivity index (χ0) is 65.7. The summed E-state index contributed by atoms with van der Waals surface area (Å²) in [6.45, 7) is 29.2. The molecule has 2 atom stereocenters. The van der Waals surface area contributed by atoms with E-state index >= 15 is 0 Å². The number of carbonyl (C=O) groups is 5. The molecule has 0 saturated carbocycles. The summed E-state index contributed by atoms with van der Waals surface area (Å²) >= 11 is 27.9. The van der Waals surface area contributed by atoms with Crippen molar-refractivity contribution in [1.29, 1.82) is 0 Å². The molecule has 4 aromatic carbocycles. The normalized spacial score (nSPS) is 12.2. The number of anilines is 2. The largest absolute Gasteiger partial charge is 0.478 e. The van der Waals surface area contributed by atoms with Gasteiger partial charge in [0.15, 0.2) is 10.3 Å². The number of carboxylic acids is 1. The van der Waals surface area contributed by atoms with Gasteiger partial charge in [-0.05, 0) is 166 Å². The Kier molecular flexibility index (Phi) is 29.5. The van der Waals surface area contributed by atoms with E-state index in [2.05, 4.69) is 49.0 Å². The summed E-state index contributed by atoms with van der Waals surface area (Å²) in [6.07, 6.45) is 2.89. The van der Waals surface area contributed by atoms with Crippen molar-refractivity contribution in [2.24, 2.45) is 29.4 Å². The molecule has 0 aliphatic heterocycles. The van der Waals surface area contributed by atoms with Gasteiger partial charge in [-0.2, -0.15) is 0 Å². The van der Waals surface area contributed by atoms with Gasteiger partial charge in [0.2, 0.25) is 0 Å². The molecule has 16 nitrogen and oxygen atoms in total. The fourth-order valence-electron chi connectivity index (χ4n) is 8.35. The number of benzene rings is 4. The van der Waals surface area contributed by atoms with Gasteiger partial charge in [-0.3, -0.25) is 14.4 Å². The fourth-order valence-corrected chi connectivity index (χ4v) is 11.4. The van der Waals surface area contributed by atoms with Crippen molar-refractivity contribution in [2.45, 2.75) is 146 Å². The first-order valence-electron chi connectivity index (χ1n) is 29.3. The van der Waals surface area contributed by atoms with Crippen LogP contribution in [0.5, 0.6) is 0 Å². The third kappa shape index (κ3) is 26.6. The summed E-state index contributed by atoms with van der Waals surface area (Å²) < 4.78 is 16.4. The first-order chi connectivity index (χ1) is 41.1. The molecule has 0 bridgehead atoms. The number of esters is 2. The van der Waals surface area contributed by atoms with E-state index in [1.165, 1.54) is 6.07 Å². The monoisotopic (exact) mass is 1330 g/mol. The highest BCUT2D eigenvalue weighted by Crippen LogP contribution is 2.38. The molecule has 0 fully saturated rings. The van der Waals surface area contributed by atoms with Gasteiger partial charge < -0.3 is 46.3 Å². The lowest BCUT2D eigenvalue weighted by atomic mass is 9.97. The van der Waals surface area contributed by atoms with E-state index < -0.39 is 40.7 Å². The van der Waals surface area contributed by atoms with Gasteiger partial charge in [-0.15, -0.1) is 22.7 Å². The summed E-state index contributed by atoms with van der Waals surface area (Å²) in [7, 11) is 0. The van der Waals surface area contributed by atoms with Crippen molar-refractivity contribution < 1.29 is 43.3 Å². The second kappa shape index (κ2) is 34.8. The molecule has 0 aliphatic carbocycles. The Balaban J connectivity index is 0.000000322. The molecule has 88 heavy (non-hydrogen) atoms. The molecule has 6 rings (SSSR count). The van der Waals surface area contributed by atoms with Crippen LogP contribution in [0.25, 0.3) is 22.5 Å². The van der Waals surface area contributed by atoms with Gasteiger partial charge in [-0.25, -0.2) is 19.6 Å². The predicted octanol–water partition coefficient (Wildman–Crippen LogP) is 16.2. The molecule has 6 aromatic rings. The first kappa shape index (κ1) is 74.5. The number of nitrogens with zero attached hydrogens (tertiary/aromatic N) is 2. The van der Waals surface area contributed by atoms with Gasteiger partial charge in [0, 0.05) is 59.2 Å². The minimum absolute atomic E-state index is 0.119. The lowest BCUT2D eigenvalue weighted by Crippen LogP contribution is -2.35. The topological polar surface area (TPSA) is 233 Å². The Labute approximate surface area is 547 Å². The third-order valence-corrected chi connectivity index (χ3v) is 15.7. The number of ether oxygens (including phenoxy) is 3. The highest BCUT2D eigenvalue weighted by atomic mass is 35.5. The van der Waals surface area contributed by atoms with Crippen molar-refractivity contribution in [2.75, 3.05) is 43.4 Å². The van der Waals surface area contributed by atoms with Gasteiger partial charge in [0.25, 0.3) is 5.91 Å². The number of hydrogen-bond donors (Lipinski definition) is 6. The maximum atomic E-state index is 13.3. The van der Waals surface area contributed by atoms with E-state index in [0.29, 0.717) is 81.6 Å². The van der Waals surface area contributed by atoms with E-state index in [1.54, 1.807) is 53.0 Å². The minimum atomic E-state index is -1.01. The lowest BCUT2D eigenvalue weighted by molar-refractivity contribution is -0.160. The van der Waals surface area contributed by atoms with Crippen LogP contribution < -0.4 is 27.0 Å². The Bertz CT molecular complexity index is 3280. The second-order valence-electron chi connectivity index (χ2n) is 24.8. The molecule has 2 aromatic heterocycles. The van der Waals surface area contributed by atoms with Crippen molar-refractivity contribution in [3.63, 3.8) is 0 Å². The average molecular weight is 1330 g/mol. The SMILES string of the molecule is CC(C)(C)OC(=O)NCCN.CC(C)Cc1sc(NCC(Cc2cccc(C(=O)O)c2)C(=O)OC(C)(C)C)nc1-c1ccc(Cl)c(Cl)c1.CCCNC(=O)c1cccc(CC(CNc2nc(-c3ccc(Cl)c(Cl)c3)c(CC(C)C)s2)C(=O)OC(C)(C)C)c1. The van der Waals surface area contributed by atoms with Crippen LogP contribution in [0.4, 0.5) is 15.1 Å². The minimum Gasteiger partial charge on any atom is -0.478 e. The quantitative estimate of drug-likeness (QED) is 0.0244. The van der Waals surface area contributed by atoms with Crippen LogP contribution in [0, 0.1) is 23.7 Å². The average Bonchev–Trinajstić information content (AvgIpc) is 3.42. The third-order valence-electron chi connectivity index (χ3n) is 12.1. The summed E-state index contributed by atoms with van der Waals surface area (Å²) in [5, 5.41) is 24.8. The van der Waals surface area contributed by atoms with Crippen LogP contribution in [0.3, 0.4) is 0 Å². The molecule has 0 saturated heterocycles. The highest BCUT2D eigenvalue weighted by Gasteiger charge is 2.29. The van der Waals surface area contributed by atoms with E-state index in [-0.39, 0.29) is 30.0 Å². The van der Waals surface area contributed by atoms with Crippen molar-refractivity contribution in [3.8, 4) is 22.5 Å². The van der Waals surface area contributed by atoms with Gasteiger partial charge in [0.1, 0.15) is 16.8 Å². The molecule has 2 heterocycles. The molecular weight excluding hydrogens is 1240 g/mol. The zero-order valence-corrected chi connectivity index (χ0v) is 57.6. The van der Waals surface area contributed by atoms with Crippen LogP contribution in [0.2, 0.25) is 20.1 Å². The Morgan fingerprint density at radius 3 is 1.35 bits per heavy atom. The Hall–Kier alpha value is -5.99. The van der Waals surface area contributed by atoms with Gasteiger partial charge in [-0.1, -0.05) is 117 Å². The van der Waals surface area contributed by atoms with E-state index in [9.17, 15) is 29.1 Å². The van der Waals surface area contributed by atoms with Crippen LogP contribution in [0.1, 0.15) is 145 Å². The second-order valence-corrected chi connectivity index (χ2v) is 28.6. The smallest absolute Gasteiger partial charge is 0.407 e. The molecule has 0 radical (unpaired) electrons. The molecule has 480 valence electrons. The molecule has 7 N–H and O–H groups in total. The number of aromatic nitrogens is 2. The molecular formula is C66H87Cl4N7O9S2. The summed E-state index contributed by atoms with van der Waals surface area (Å²) in [4.78, 5) is 73.1. The number of nitrogens with two attached hydrogens (primary N) is 1. The number of amides is 2. The number of carbonyl (C=O) groups excluding carboxylic acids is 4. The maximum absolute atomic E-state index is 13.3. The maximum Gasteiger partial charge on any atom is 0.407 e. The van der Waals surface area contributed by atoms with Crippen molar-refractivity contribution >= 4 is 109 Å². The van der Waals surface area contributed by atoms with Crippen LogP contribution >= 0.6 is 69.1 Å². The van der Waals surface area contributed by atoms with Gasteiger partial charge in [0.05, 0.1) is 48.9 Å². The number of aromatic carboxylic acids is 1. The Morgan fingerprint density at radius 2 is 0.977 bits per heavy atom. The molecule has 0 spiro atoms. The number of alkyl carbamates (subject to hydrolysis) is 1. The highest BCUT2D eigenvalue weighted by molar-refractivity contribution is 7.16.